The number of benzene rings is 1. The van der Waals surface area contributed by atoms with Crippen molar-refractivity contribution in [1.82, 2.24) is 0 Å². The number of cyclic esters (lactones) is 1. The lowest BCUT2D eigenvalue weighted by molar-refractivity contribution is -0.156. The van der Waals surface area contributed by atoms with Gasteiger partial charge in [0.2, 0.25) is 0 Å². The van der Waals surface area contributed by atoms with E-state index in [1.807, 2.05) is 0 Å². The summed E-state index contributed by atoms with van der Waals surface area (Å²) >= 11 is 0. The average molecular weight is 378 g/mol. The number of rotatable bonds is 6. The van der Waals surface area contributed by atoms with Crippen LogP contribution in [0.1, 0.15) is 26.7 Å². The topological polar surface area (TPSA) is 126 Å². The summed E-state index contributed by atoms with van der Waals surface area (Å²) in [7, 11) is 0. The number of carbonyl (C=O) groups excluding carboxylic acids is 1. The molecule has 1 aromatic carbocycles. The Hall–Kier alpha value is -2.42. The van der Waals surface area contributed by atoms with E-state index < -0.39 is 35.0 Å². The molecule has 1 aliphatic heterocycles. The molecule has 2 aromatic rings. The van der Waals surface area contributed by atoms with Gasteiger partial charge in [-0.3, -0.25) is 0 Å². The predicted octanol–water partition coefficient (Wildman–Crippen LogP) is 0.740. The SMILES string of the molecule is C[C@@]1(O)C[C@@H](C[C@@](C)(O)[C@H](O)COc2ccc3ccc(=O)oc3c2)OC1=O. The van der Waals surface area contributed by atoms with Crippen LogP contribution in [0.4, 0.5) is 0 Å². The lowest BCUT2D eigenvalue weighted by Crippen LogP contribution is -2.45. The Morgan fingerprint density at radius 1 is 1.33 bits per heavy atom. The van der Waals surface area contributed by atoms with Crippen LogP contribution >= 0.6 is 0 Å². The van der Waals surface area contributed by atoms with Crippen molar-refractivity contribution < 1.29 is 34.0 Å². The molecule has 2 heterocycles. The highest BCUT2D eigenvalue weighted by molar-refractivity contribution is 5.81. The van der Waals surface area contributed by atoms with E-state index in [2.05, 4.69) is 0 Å². The summed E-state index contributed by atoms with van der Waals surface area (Å²) < 4.78 is 15.6. The molecule has 0 radical (unpaired) electrons. The second kappa shape index (κ2) is 6.95. The van der Waals surface area contributed by atoms with Gasteiger partial charge in [0, 0.05) is 30.4 Å². The molecule has 0 bridgehead atoms. The first-order chi connectivity index (χ1) is 12.6. The van der Waals surface area contributed by atoms with E-state index >= 15 is 0 Å². The number of fused-ring (bicyclic) bond motifs is 1. The number of esters is 1. The third-order valence-electron chi connectivity index (χ3n) is 4.70. The molecule has 0 unspecified atom stereocenters. The van der Waals surface area contributed by atoms with Crippen LogP contribution in [0.25, 0.3) is 11.0 Å². The maximum absolute atomic E-state index is 11.5. The van der Waals surface area contributed by atoms with E-state index in [4.69, 9.17) is 13.9 Å². The Morgan fingerprint density at radius 2 is 2.04 bits per heavy atom. The van der Waals surface area contributed by atoms with Crippen LogP contribution in [0.5, 0.6) is 5.75 Å². The summed E-state index contributed by atoms with van der Waals surface area (Å²) in [6, 6.07) is 7.82. The molecular formula is C19H22O8. The first-order valence-electron chi connectivity index (χ1n) is 8.57. The second-order valence-electron chi connectivity index (χ2n) is 7.35. The van der Waals surface area contributed by atoms with Gasteiger partial charge in [0.1, 0.15) is 30.1 Å². The highest BCUT2D eigenvalue weighted by atomic mass is 16.6. The molecule has 3 rings (SSSR count). The number of aliphatic hydroxyl groups excluding tert-OH is 1. The van der Waals surface area contributed by atoms with Gasteiger partial charge in [-0.15, -0.1) is 0 Å². The fourth-order valence-electron chi connectivity index (χ4n) is 3.04. The average Bonchev–Trinajstić information content (AvgIpc) is 2.83. The third-order valence-corrected chi connectivity index (χ3v) is 4.70. The van der Waals surface area contributed by atoms with E-state index in [-0.39, 0.29) is 19.4 Å². The molecule has 0 amide bonds. The number of hydrogen-bond donors (Lipinski definition) is 3. The monoisotopic (exact) mass is 378 g/mol. The number of aliphatic hydroxyl groups is 3. The Bertz CT molecular complexity index is 898. The molecule has 0 saturated carbocycles. The van der Waals surface area contributed by atoms with E-state index in [1.54, 1.807) is 18.2 Å². The van der Waals surface area contributed by atoms with Crippen molar-refractivity contribution in [3.63, 3.8) is 0 Å². The maximum atomic E-state index is 11.5. The van der Waals surface area contributed by atoms with Gasteiger partial charge in [0.15, 0.2) is 5.60 Å². The fraction of sp³-hybridized carbons (Fsp3) is 0.474. The zero-order valence-corrected chi connectivity index (χ0v) is 15.0. The molecule has 8 heteroatoms. The molecule has 1 aromatic heterocycles. The molecule has 1 fully saturated rings. The van der Waals surface area contributed by atoms with Gasteiger partial charge < -0.3 is 29.2 Å². The van der Waals surface area contributed by atoms with Gasteiger partial charge in [-0.1, -0.05) is 0 Å². The largest absolute Gasteiger partial charge is 0.491 e. The minimum absolute atomic E-state index is 0.0409. The zero-order valence-electron chi connectivity index (χ0n) is 15.0. The molecule has 27 heavy (non-hydrogen) atoms. The minimum atomic E-state index is -1.60. The Kier molecular flexibility index (Phi) is 4.98. The summed E-state index contributed by atoms with van der Waals surface area (Å²) in [6.07, 6.45) is -1.99. The van der Waals surface area contributed by atoms with Crippen LogP contribution in [0, 0.1) is 0 Å². The summed E-state index contributed by atoms with van der Waals surface area (Å²) in [6.45, 7) is 2.52. The molecular weight excluding hydrogens is 356 g/mol. The molecule has 8 nitrogen and oxygen atoms in total. The molecule has 3 N–H and O–H groups in total. The lowest BCUT2D eigenvalue weighted by atomic mass is 9.89. The zero-order chi connectivity index (χ0) is 19.8. The van der Waals surface area contributed by atoms with Crippen molar-refractivity contribution in [2.24, 2.45) is 0 Å². The van der Waals surface area contributed by atoms with Crippen LogP contribution in [0.3, 0.4) is 0 Å². The van der Waals surface area contributed by atoms with E-state index in [1.165, 1.54) is 26.0 Å². The molecule has 0 aliphatic carbocycles. The minimum Gasteiger partial charge on any atom is -0.491 e. The highest BCUT2D eigenvalue weighted by Gasteiger charge is 2.47. The standard InChI is InChI=1S/C19H22O8/c1-18(23,8-13-9-19(2,24)17(22)26-13)15(20)10-25-12-5-3-11-4-6-16(21)27-14(11)7-12/h3-7,13,15,20,23-24H,8-10H2,1-2H3/t13-,15-,18-,19-/m1/s1. The van der Waals surface area contributed by atoms with Gasteiger partial charge in [-0.2, -0.15) is 0 Å². The number of hydrogen-bond acceptors (Lipinski definition) is 8. The van der Waals surface area contributed by atoms with Gasteiger partial charge >= 0.3 is 11.6 Å². The normalized spacial score (nSPS) is 25.8. The summed E-state index contributed by atoms with van der Waals surface area (Å²) in [5.74, 6) is -0.381. The molecule has 4 atom stereocenters. The summed E-state index contributed by atoms with van der Waals surface area (Å²) in [4.78, 5) is 22.8. The molecule has 146 valence electrons. The number of ether oxygens (including phenoxy) is 2. The molecule has 0 spiro atoms. The summed E-state index contributed by atoms with van der Waals surface area (Å²) in [5, 5.41) is 31.4. The van der Waals surface area contributed by atoms with Gasteiger partial charge in [0.05, 0.1) is 5.60 Å². The fourth-order valence-corrected chi connectivity index (χ4v) is 3.04. The van der Waals surface area contributed by atoms with Gasteiger partial charge in [0.25, 0.3) is 0 Å². The van der Waals surface area contributed by atoms with Crippen molar-refractivity contribution in [3.05, 3.63) is 40.8 Å². The van der Waals surface area contributed by atoms with Crippen molar-refractivity contribution in [3.8, 4) is 5.75 Å². The maximum Gasteiger partial charge on any atom is 0.338 e. The second-order valence-corrected chi connectivity index (χ2v) is 7.35. The van der Waals surface area contributed by atoms with Crippen molar-refractivity contribution in [2.75, 3.05) is 6.61 Å². The van der Waals surface area contributed by atoms with Crippen LogP contribution < -0.4 is 10.4 Å². The van der Waals surface area contributed by atoms with Crippen molar-refractivity contribution >= 4 is 16.9 Å². The third kappa shape index (κ3) is 4.29. The Labute approximate surface area is 154 Å². The van der Waals surface area contributed by atoms with Crippen molar-refractivity contribution in [1.29, 1.82) is 0 Å². The van der Waals surface area contributed by atoms with Crippen LogP contribution in [0.2, 0.25) is 0 Å². The Balaban J connectivity index is 1.61. The lowest BCUT2D eigenvalue weighted by Gasteiger charge is -2.30. The smallest absolute Gasteiger partial charge is 0.338 e. The predicted molar refractivity (Wildman–Crippen MR) is 94.3 cm³/mol. The van der Waals surface area contributed by atoms with E-state index in [0.29, 0.717) is 11.3 Å². The van der Waals surface area contributed by atoms with Crippen molar-refractivity contribution in [2.45, 2.75) is 50.1 Å². The van der Waals surface area contributed by atoms with Gasteiger partial charge in [-0.25, -0.2) is 9.59 Å². The van der Waals surface area contributed by atoms with Crippen LogP contribution in [-0.2, 0) is 9.53 Å². The molecule has 1 aliphatic rings. The van der Waals surface area contributed by atoms with Gasteiger partial charge in [-0.05, 0) is 32.0 Å². The number of carbonyl (C=O) groups is 1. The molecule has 1 saturated heterocycles. The highest BCUT2D eigenvalue weighted by Crippen LogP contribution is 2.31. The first-order valence-corrected chi connectivity index (χ1v) is 8.57. The van der Waals surface area contributed by atoms with E-state index in [0.717, 1.165) is 5.39 Å². The summed E-state index contributed by atoms with van der Waals surface area (Å²) in [5.41, 5.74) is -3.32. The van der Waals surface area contributed by atoms with Crippen LogP contribution in [0.15, 0.2) is 39.5 Å². The van der Waals surface area contributed by atoms with Crippen LogP contribution in [-0.4, -0.2) is 51.3 Å². The quantitative estimate of drug-likeness (QED) is 0.496. The Morgan fingerprint density at radius 3 is 2.70 bits per heavy atom. The van der Waals surface area contributed by atoms with E-state index in [9.17, 15) is 24.9 Å². The first kappa shape index (κ1) is 19.3.